The van der Waals surface area contributed by atoms with Crippen molar-refractivity contribution < 1.29 is 4.79 Å². The van der Waals surface area contributed by atoms with Gasteiger partial charge in [0.25, 0.3) is 0 Å². The Labute approximate surface area is 99.6 Å². The van der Waals surface area contributed by atoms with E-state index in [4.69, 9.17) is 0 Å². The standard InChI is InChI=1S/C15H24O/c1-11(2)14(16)9-8-13-12(3)7-6-10-15(13,4)5/h7-9,11,13H,6,10H2,1-5H3. The van der Waals surface area contributed by atoms with Crippen LogP contribution in [0, 0.1) is 17.3 Å². The highest BCUT2D eigenvalue weighted by molar-refractivity contribution is 5.91. The van der Waals surface area contributed by atoms with E-state index >= 15 is 0 Å². The van der Waals surface area contributed by atoms with Gasteiger partial charge in [0.2, 0.25) is 0 Å². The molecule has 0 saturated heterocycles. The SMILES string of the molecule is CC1=CCCC(C)(C)C1C=CC(=O)C(C)C. The summed E-state index contributed by atoms with van der Waals surface area (Å²) in [6.07, 6.45) is 8.56. The van der Waals surface area contributed by atoms with E-state index in [2.05, 4.69) is 32.9 Å². The molecule has 0 spiro atoms. The minimum Gasteiger partial charge on any atom is -0.295 e. The van der Waals surface area contributed by atoms with E-state index in [0.717, 1.165) is 0 Å². The van der Waals surface area contributed by atoms with E-state index in [1.807, 2.05) is 13.8 Å². The second kappa shape index (κ2) is 4.99. The van der Waals surface area contributed by atoms with E-state index in [9.17, 15) is 4.79 Å². The molecule has 0 aromatic rings. The van der Waals surface area contributed by atoms with Gasteiger partial charge in [-0.3, -0.25) is 4.79 Å². The zero-order valence-corrected chi connectivity index (χ0v) is 11.2. The average molecular weight is 220 g/mol. The molecule has 0 N–H and O–H groups in total. The molecule has 0 radical (unpaired) electrons. The van der Waals surface area contributed by atoms with E-state index < -0.39 is 0 Å². The third-order valence-corrected chi connectivity index (χ3v) is 3.61. The monoisotopic (exact) mass is 220 g/mol. The summed E-state index contributed by atoms with van der Waals surface area (Å²) in [5.74, 6) is 0.755. The summed E-state index contributed by atoms with van der Waals surface area (Å²) in [5, 5.41) is 0. The lowest BCUT2D eigenvalue weighted by atomic mass is 9.68. The molecule has 0 aromatic heterocycles. The van der Waals surface area contributed by atoms with Crippen LogP contribution in [0.2, 0.25) is 0 Å². The number of hydrogen-bond donors (Lipinski definition) is 0. The van der Waals surface area contributed by atoms with Crippen molar-refractivity contribution in [1.29, 1.82) is 0 Å². The predicted molar refractivity (Wildman–Crippen MR) is 69.2 cm³/mol. The van der Waals surface area contributed by atoms with Gasteiger partial charge in [0, 0.05) is 11.8 Å². The maximum Gasteiger partial charge on any atom is 0.157 e. The second-order valence-electron chi connectivity index (χ2n) is 5.87. The number of carbonyl (C=O) groups excluding carboxylic acids is 1. The fourth-order valence-electron chi connectivity index (χ4n) is 2.37. The molecule has 0 fully saturated rings. The van der Waals surface area contributed by atoms with Crippen LogP contribution in [-0.2, 0) is 4.79 Å². The van der Waals surface area contributed by atoms with Crippen molar-refractivity contribution in [3.63, 3.8) is 0 Å². The number of rotatable bonds is 3. The molecule has 0 heterocycles. The molecular weight excluding hydrogens is 196 g/mol. The molecule has 0 amide bonds. The number of allylic oxidation sites excluding steroid dienone is 4. The van der Waals surface area contributed by atoms with Gasteiger partial charge in [-0.15, -0.1) is 0 Å². The summed E-state index contributed by atoms with van der Waals surface area (Å²) >= 11 is 0. The lowest BCUT2D eigenvalue weighted by Crippen LogP contribution is -2.26. The predicted octanol–water partition coefficient (Wildman–Crippen LogP) is 4.15. The van der Waals surface area contributed by atoms with Gasteiger partial charge < -0.3 is 0 Å². The number of hydrogen-bond acceptors (Lipinski definition) is 1. The lowest BCUT2D eigenvalue weighted by molar-refractivity contribution is -0.117. The number of carbonyl (C=O) groups is 1. The van der Waals surface area contributed by atoms with Crippen molar-refractivity contribution in [2.75, 3.05) is 0 Å². The molecule has 1 aliphatic rings. The van der Waals surface area contributed by atoms with E-state index in [1.165, 1.54) is 18.4 Å². The molecule has 1 unspecified atom stereocenters. The van der Waals surface area contributed by atoms with Gasteiger partial charge in [-0.05, 0) is 31.3 Å². The Kier molecular flexibility index (Phi) is 4.12. The average Bonchev–Trinajstić information content (AvgIpc) is 2.15. The smallest absolute Gasteiger partial charge is 0.157 e. The Hall–Kier alpha value is -0.850. The highest BCUT2D eigenvalue weighted by Gasteiger charge is 2.30. The van der Waals surface area contributed by atoms with Gasteiger partial charge in [-0.1, -0.05) is 45.4 Å². The first kappa shape index (κ1) is 13.2. The quantitative estimate of drug-likeness (QED) is 0.516. The first-order valence-electron chi connectivity index (χ1n) is 6.23. The van der Waals surface area contributed by atoms with Gasteiger partial charge in [0.15, 0.2) is 5.78 Å². The van der Waals surface area contributed by atoms with Crippen LogP contribution in [-0.4, -0.2) is 5.78 Å². The topological polar surface area (TPSA) is 17.1 Å². The van der Waals surface area contributed by atoms with E-state index in [1.54, 1.807) is 6.08 Å². The molecule has 0 aromatic carbocycles. The Bertz CT molecular complexity index is 318. The summed E-state index contributed by atoms with van der Waals surface area (Å²) in [6.45, 7) is 10.6. The van der Waals surface area contributed by atoms with Crippen molar-refractivity contribution in [3.05, 3.63) is 23.8 Å². The molecule has 1 heteroatoms. The molecule has 0 aliphatic heterocycles. The van der Waals surface area contributed by atoms with Crippen LogP contribution in [0.4, 0.5) is 0 Å². The zero-order valence-electron chi connectivity index (χ0n) is 11.2. The Morgan fingerprint density at radius 1 is 1.50 bits per heavy atom. The summed E-state index contributed by atoms with van der Waals surface area (Å²) in [4.78, 5) is 11.6. The van der Waals surface area contributed by atoms with Crippen LogP contribution in [0.5, 0.6) is 0 Å². The minimum absolute atomic E-state index is 0.104. The lowest BCUT2D eigenvalue weighted by Gasteiger charge is -2.36. The third-order valence-electron chi connectivity index (χ3n) is 3.61. The summed E-state index contributed by atoms with van der Waals surface area (Å²) in [5.41, 5.74) is 1.69. The van der Waals surface area contributed by atoms with Gasteiger partial charge in [0.05, 0.1) is 0 Å². The zero-order chi connectivity index (χ0) is 12.3. The van der Waals surface area contributed by atoms with Gasteiger partial charge in [-0.25, -0.2) is 0 Å². The Morgan fingerprint density at radius 2 is 2.12 bits per heavy atom. The van der Waals surface area contributed by atoms with Crippen molar-refractivity contribution in [2.24, 2.45) is 17.3 Å². The molecule has 16 heavy (non-hydrogen) atoms. The molecule has 1 aliphatic carbocycles. The summed E-state index contributed by atoms with van der Waals surface area (Å²) in [6, 6.07) is 0. The Morgan fingerprint density at radius 3 is 2.62 bits per heavy atom. The second-order valence-corrected chi connectivity index (χ2v) is 5.87. The maximum absolute atomic E-state index is 11.6. The summed E-state index contributed by atoms with van der Waals surface area (Å²) in [7, 11) is 0. The number of ketones is 1. The van der Waals surface area contributed by atoms with Gasteiger partial charge in [-0.2, -0.15) is 0 Å². The summed E-state index contributed by atoms with van der Waals surface area (Å²) < 4.78 is 0. The van der Waals surface area contributed by atoms with E-state index in [-0.39, 0.29) is 17.1 Å². The van der Waals surface area contributed by atoms with E-state index in [0.29, 0.717) is 5.92 Å². The van der Waals surface area contributed by atoms with Crippen LogP contribution >= 0.6 is 0 Å². The third kappa shape index (κ3) is 3.07. The molecule has 1 nitrogen and oxygen atoms in total. The van der Waals surface area contributed by atoms with Crippen LogP contribution < -0.4 is 0 Å². The molecular formula is C15H24O. The fraction of sp³-hybridized carbons (Fsp3) is 0.667. The molecule has 1 rings (SSSR count). The van der Waals surface area contributed by atoms with Crippen LogP contribution in [0.15, 0.2) is 23.8 Å². The van der Waals surface area contributed by atoms with Crippen molar-refractivity contribution in [3.8, 4) is 0 Å². The highest BCUT2D eigenvalue weighted by Crippen LogP contribution is 2.41. The Balaban J connectivity index is 2.81. The molecule has 0 bridgehead atoms. The largest absolute Gasteiger partial charge is 0.295 e. The first-order valence-corrected chi connectivity index (χ1v) is 6.23. The maximum atomic E-state index is 11.6. The van der Waals surface area contributed by atoms with Gasteiger partial charge >= 0.3 is 0 Å². The highest BCUT2D eigenvalue weighted by atomic mass is 16.1. The van der Waals surface area contributed by atoms with Gasteiger partial charge in [0.1, 0.15) is 0 Å². The van der Waals surface area contributed by atoms with Crippen LogP contribution in [0.1, 0.15) is 47.5 Å². The molecule has 90 valence electrons. The molecule has 1 atom stereocenters. The van der Waals surface area contributed by atoms with Crippen molar-refractivity contribution >= 4 is 5.78 Å². The fourth-order valence-corrected chi connectivity index (χ4v) is 2.37. The van der Waals surface area contributed by atoms with Crippen LogP contribution in [0.3, 0.4) is 0 Å². The minimum atomic E-state index is 0.104. The normalized spacial score (nSPS) is 24.9. The first-order chi connectivity index (χ1) is 7.34. The molecule has 0 saturated carbocycles. The van der Waals surface area contributed by atoms with Crippen molar-refractivity contribution in [2.45, 2.75) is 47.5 Å². The van der Waals surface area contributed by atoms with Crippen LogP contribution in [0.25, 0.3) is 0 Å². The van der Waals surface area contributed by atoms with Crippen molar-refractivity contribution in [1.82, 2.24) is 0 Å².